The van der Waals surface area contributed by atoms with Crippen LogP contribution in [0.4, 0.5) is 13.6 Å². The molecule has 1 amide bonds. The Bertz CT molecular complexity index is 576. The van der Waals surface area contributed by atoms with Gasteiger partial charge in [-0.25, -0.2) is 13.6 Å². The molecule has 0 heterocycles. The summed E-state index contributed by atoms with van der Waals surface area (Å²) < 4.78 is 32.0. The fraction of sp³-hybridized carbons (Fsp3) is 0.438. The molecule has 1 aromatic carbocycles. The molecule has 0 bridgehead atoms. The number of hydrogen-bond donors (Lipinski definition) is 2. The number of nitrogens with one attached hydrogen (secondary N) is 1. The number of hydrogen-bond acceptors (Lipinski definition) is 3. The number of halogens is 2. The molecule has 0 saturated carbocycles. The maximum atomic E-state index is 13.7. The second kappa shape index (κ2) is 7.23. The van der Waals surface area contributed by atoms with Crippen molar-refractivity contribution in [3.8, 4) is 12.3 Å². The summed E-state index contributed by atoms with van der Waals surface area (Å²) in [5.41, 5.74) is -1.02. The Balaban J connectivity index is 2.93. The Kier molecular flexibility index (Phi) is 5.89. The maximum Gasteiger partial charge on any atom is 0.408 e. The van der Waals surface area contributed by atoms with E-state index in [0.29, 0.717) is 0 Å². The predicted octanol–water partition coefficient (Wildman–Crippen LogP) is 2.91. The van der Waals surface area contributed by atoms with Crippen LogP contribution in [-0.4, -0.2) is 22.8 Å². The van der Waals surface area contributed by atoms with Crippen LogP contribution in [-0.2, 0) is 4.74 Å². The van der Waals surface area contributed by atoms with Crippen LogP contribution in [0.2, 0.25) is 0 Å². The molecule has 0 aliphatic rings. The normalized spacial score (nSPS) is 13.9. The van der Waals surface area contributed by atoms with Gasteiger partial charge in [-0.3, -0.25) is 0 Å². The van der Waals surface area contributed by atoms with Gasteiger partial charge in [0.2, 0.25) is 0 Å². The molecule has 6 heteroatoms. The Hall–Kier alpha value is -2.13. The zero-order valence-corrected chi connectivity index (χ0v) is 12.7. The first-order valence-electron chi connectivity index (χ1n) is 6.70. The van der Waals surface area contributed by atoms with Crippen LogP contribution in [0.3, 0.4) is 0 Å². The summed E-state index contributed by atoms with van der Waals surface area (Å²) in [6, 6.07) is 1.69. The average molecular weight is 311 g/mol. The first-order chi connectivity index (χ1) is 10.1. The van der Waals surface area contributed by atoms with Crippen LogP contribution >= 0.6 is 0 Å². The van der Waals surface area contributed by atoms with Crippen LogP contribution in [0.25, 0.3) is 0 Å². The number of alkyl carbamates (subject to hydrolysis) is 1. The zero-order valence-electron chi connectivity index (χ0n) is 12.7. The van der Waals surface area contributed by atoms with Gasteiger partial charge in [-0.2, -0.15) is 0 Å². The average Bonchev–Trinajstić information content (AvgIpc) is 2.38. The third kappa shape index (κ3) is 5.34. The van der Waals surface area contributed by atoms with E-state index < -0.39 is 35.5 Å². The van der Waals surface area contributed by atoms with Gasteiger partial charge in [0.15, 0.2) is 0 Å². The molecule has 0 radical (unpaired) electrons. The van der Waals surface area contributed by atoms with Gasteiger partial charge in [0.25, 0.3) is 0 Å². The lowest BCUT2D eigenvalue weighted by Crippen LogP contribution is -2.42. The molecule has 22 heavy (non-hydrogen) atoms. The van der Waals surface area contributed by atoms with E-state index in [9.17, 15) is 18.7 Å². The molecule has 1 rings (SSSR count). The monoisotopic (exact) mass is 311 g/mol. The molecule has 1 unspecified atom stereocenters. The first-order valence-corrected chi connectivity index (χ1v) is 6.70. The van der Waals surface area contributed by atoms with Gasteiger partial charge in [0.1, 0.15) is 23.3 Å². The number of rotatable bonds is 4. The molecular formula is C16H19F2NO3. The smallest absolute Gasteiger partial charge is 0.408 e. The number of aliphatic hydroxyl groups excluding tert-OH is 1. The van der Waals surface area contributed by atoms with E-state index in [0.717, 1.165) is 18.2 Å². The third-order valence-corrected chi connectivity index (χ3v) is 2.70. The summed E-state index contributed by atoms with van der Waals surface area (Å²) in [6.45, 7) is 5.02. The van der Waals surface area contributed by atoms with Crippen LogP contribution in [0.5, 0.6) is 0 Å². The second-order valence-electron chi connectivity index (χ2n) is 5.77. The Morgan fingerprint density at radius 1 is 1.45 bits per heavy atom. The predicted molar refractivity (Wildman–Crippen MR) is 77.9 cm³/mol. The van der Waals surface area contributed by atoms with E-state index in [2.05, 4.69) is 11.2 Å². The quantitative estimate of drug-likeness (QED) is 0.841. The van der Waals surface area contributed by atoms with Crippen molar-refractivity contribution < 1.29 is 23.4 Å². The van der Waals surface area contributed by atoms with E-state index in [-0.39, 0.29) is 12.0 Å². The minimum Gasteiger partial charge on any atom is -0.444 e. The van der Waals surface area contributed by atoms with E-state index >= 15 is 0 Å². The van der Waals surface area contributed by atoms with Crippen LogP contribution in [0.15, 0.2) is 18.2 Å². The molecule has 0 saturated heterocycles. The summed E-state index contributed by atoms with van der Waals surface area (Å²) in [6.07, 6.45) is 2.82. The Morgan fingerprint density at radius 2 is 2.09 bits per heavy atom. The van der Waals surface area contributed by atoms with Gasteiger partial charge in [-0.05, 0) is 39.0 Å². The molecule has 2 N–H and O–H groups in total. The standard InChI is InChI=1S/C16H19F2NO3/c1-5-6-13(19-15(21)22-16(2,3)4)14(20)11-9-10(17)7-8-12(11)18/h1,7-9,13-14,20H,6H2,2-4H3,(H,19,21)/t13-,14?/m0/s1. The zero-order chi connectivity index (χ0) is 16.9. The van der Waals surface area contributed by atoms with Gasteiger partial charge in [0.05, 0.1) is 6.04 Å². The number of ether oxygens (including phenoxy) is 1. The number of carbonyl (C=O) groups is 1. The Labute approximate surface area is 128 Å². The number of amides is 1. The van der Waals surface area contributed by atoms with Gasteiger partial charge >= 0.3 is 6.09 Å². The van der Waals surface area contributed by atoms with Crippen molar-refractivity contribution >= 4 is 6.09 Å². The summed E-state index contributed by atoms with van der Waals surface area (Å²) in [7, 11) is 0. The Morgan fingerprint density at radius 3 is 2.64 bits per heavy atom. The van der Waals surface area contributed by atoms with Gasteiger partial charge in [-0.15, -0.1) is 12.3 Å². The first kappa shape index (κ1) is 17.9. The van der Waals surface area contributed by atoms with Crippen molar-refractivity contribution in [2.75, 3.05) is 0 Å². The highest BCUT2D eigenvalue weighted by atomic mass is 19.1. The lowest BCUT2D eigenvalue weighted by molar-refractivity contribution is 0.0421. The lowest BCUT2D eigenvalue weighted by Gasteiger charge is -2.26. The van der Waals surface area contributed by atoms with E-state index in [1.54, 1.807) is 20.8 Å². The summed E-state index contributed by atoms with van der Waals surface area (Å²) in [5.74, 6) is 0.783. The lowest BCUT2D eigenvalue weighted by atomic mass is 9.99. The third-order valence-electron chi connectivity index (χ3n) is 2.70. The van der Waals surface area contributed by atoms with Crippen molar-refractivity contribution in [3.05, 3.63) is 35.4 Å². The molecule has 120 valence electrons. The van der Waals surface area contributed by atoms with Gasteiger partial charge < -0.3 is 15.2 Å². The van der Waals surface area contributed by atoms with Crippen LogP contribution in [0, 0.1) is 24.0 Å². The van der Waals surface area contributed by atoms with Crippen molar-refractivity contribution in [3.63, 3.8) is 0 Å². The molecule has 4 nitrogen and oxygen atoms in total. The number of benzene rings is 1. The summed E-state index contributed by atoms with van der Waals surface area (Å²) in [4.78, 5) is 11.8. The number of carbonyl (C=O) groups excluding carboxylic acids is 1. The van der Waals surface area contributed by atoms with Gasteiger partial charge in [0, 0.05) is 12.0 Å². The highest BCUT2D eigenvalue weighted by Gasteiger charge is 2.27. The maximum absolute atomic E-state index is 13.7. The van der Waals surface area contributed by atoms with Gasteiger partial charge in [-0.1, -0.05) is 0 Å². The highest BCUT2D eigenvalue weighted by Crippen LogP contribution is 2.23. The van der Waals surface area contributed by atoms with Crippen molar-refractivity contribution in [1.29, 1.82) is 0 Å². The van der Waals surface area contributed by atoms with E-state index in [1.165, 1.54) is 0 Å². The molecule has 0 aliphatic carbocycles. The number of terminal acetylenes is 1. The molecule has 0 aromatic heterocycles. The van der Waals surface area contributed by atoms with Crippen molar-refractivity contribution in [1.82, 2.24) is 5.32 Å². The van der Waals surface area contributed by atoms with Crippen molar-refractivity contribution in [2.45, 2.75) is 44.9 Å². The van der Waals surface area contributed by atoms with Crippen LogP contribution in [0.1, 0.15) is 38.9 Å². The summed E-state index contributed by atoms with van der Waals surface area (Å²) >= 11 is 0. The van der Waals surface area contributed by atoms with Crippen molar-refractivity contribution in [2.24, 2.45) is 0 Å². The molecule has 2 atom stereocenters. The molecule has 0 aliphatic heterocycles. The fourth-order valence-corrected chi connectivity index (χ4v) is 1.79. The molecule has 0 fully saturated rings. The topological polar surface area (TPSA) is 58.6 Å². The number of aliphatic hydroxyl groups is 1. The minimum atomic E-state index is -1.50. The molecule has 1 aromatic rings. The fourth-order valence-electron chi connectivity index (χ4n) is 1.79. The van der Waals surface area contributed by atoms with E-state index in [4.69, 9.17) is 11.2 Å². The minimum absolute atomic E-state index is 0.0731. The largest absolute Gasteiger partial charge is 0.444 e. The molecule has 0 spiro atoms. The SMILES string of the molecule is C#CC[C@H](NC(=O)OC(C)(C)C)C(O)c1cc(F)ccc1F. The van der Waals surface area contributed by atoms with Crippen LogP contribution < -0.4 is 5.32 Å². The highest BCUT2D eigenvalue weighted by molar-refractivity contribution is 5.68. The van der Waals surface area contributed by atoms with E-state index in [1.807, 2.05) is 0 Å². The summed E-state index contributed by atoms with van der Waals surface area (Å²) in [5, 5.41) is 12.6. The second-order valence-corrected chi connectivity index (χ2v) is 5.77. The molecular weight excluding hydrogens is 292 g/mol.